The SMILES string of the molecule is CCN1CCN(c2nnc(CC(=O)CC(C)C)s2)CC1. The summed E-state index contributed by atoms with van der Waals surface area (Å²) in [6.07, 6.45) is 1.06. The highest BCUT2D eigenvalue weighted by molar-refractivity contribution is 7.15. The van der Waals surface area contributed by atoms with E-state index >= 15 is 0 Å². The van der Waals surface area contributed by atoms with E-state index in [0.717, 1.165) is 42.9 Å². The zero-order valence-corrected chi connectivity index (χ0v) is 13.4. The number of hydrogen-bond acceptors (Lipinski definition) is 6. The second-order valence-corrected chi connectivity index (χ2v) is 6.75. The number of carbonyl (C=O) groups is 1. The van der Waals surface area contributed by atoms with Crippen LogP contribution in [0.5, 0.6) is 0 Å². The quantitative estimate of drug-likeness (QED) is 0.801. The standard InChI is InChI=1S/C14H24N4OS/c1-4-17-5-7-18(8-6-17)14-16-15-13(20-14)10-12(19)9-11(2)3/h11H,4-10H2,1-3H3. The minimum atomic E-state index is 0.263. The van der Waals surface area contributed by atoms with E-state index in [9.17, 15) is 4.79 Å². The number of rotatable bonds is 6. The lowest BCUT2D eigenvalue weighted by molar-refractivity contribution is -0.119. The highest BCUT2D eigenvalue weighted by Gasteiger charge is 2.19. The van der Waals surface area contributed by atoms with Crippen LogP contribution in [0.25, 0.3) is 0 Å². The fourth-order valence-electron chi connectivity index (χ4n) is 2.40. The van der Waals surface area contributed by atoms with Gasteiger partial charge in [0.15, 0.2) is 0 Å². The normalized spacial score (nSPS) is 16.9. The molecule has 2 heterocycles. The number of hydrogen-bond donors (Lipinski definition) is 0. The van der Waals surface area contributed by atoms with Crippen molar-refractivity contribution >= 4 is 22.3 Å². The molecule has 0 amide bonds. The Hall–Kier alpha value is -1.01. The topological polar surface area (TPSA) is 49.3 Å². The second-order valence-electron chi connectivity index (χ2n) is 5.71. The van der Waals surface area contributed by atoms with Crippen molar-refractivity contribution in [2.75, 3.05) is 37.6 Å². The van der Waals surface area contributed by atoms with Crippen molar-refractivity contribution in [1.29, 1.82) is 0 Å². The van der Waals surface area contributed by atoms with Crippen molar-refractivity contribution in [3.8, 4) is 0 Å². The van der Waals surface area contributed by atoms with Crippen LogP contribution in [0.4, 0.5) is 5.13 Å². The molecule has 5 nitrogen and oxygen atoms in total. The zero-order chi connectivity index (χ0) is 14.5. The summed E-state index contributed by atoms with van der Waals surface area (Å²) in [6, 6.07) is 0. The van der Waals surface area contributed by atoms with Crippen LogP contribution < -0.4 is 4.90 Å². The number of aromatic nitrogens is 2. The monoisotopic (exact) mass is 296 g/mol. The molecule has 1 saturated heterocycles. The first-order chi connectivity index (χ1) is 9.58. The Kier molecular flexibility index (Phi) is 5.48. The lowest BCUT2D eigenvalue weighted by Gasteiger charge is -2.33. The molecule has 1 aliphatic heterocycles. The molecule has 0 bridgehead atoms. The minimum absolute atomic E-state index is 0.263. The van der Waals surface area contributed by atoms with Crippen LogP contribution in [0.3, 0.4) is 0 Å². The van der Waals surface area contributed by atoms with Crippen molar-refractivity contribution in [2.24, 2.45) is 5.92 Å². The Morgan fingerprint density at radius 3 is 2.55 bits per heavy atom. The van der Waals surface area contributed by atoms with Gasteiger partial charge in [0.2, 0.25) is 5.13 Å². The smallest absolute Gasteiger partial charge is 0.208 e. The molecule has 1 aromatic rings. The van der Waals surface area contributed by atoms with Crippen LogP contribution in [-0.2, 0) is 11.2 Å². The summed E-state index contributed by atoms with van der Waals surface area (Å²) in [4.78, 5) is 16.5. The fraction of sp³-hybridized carbons (Fsp3) is 0.786. The average molecular weight is 296 g/mol. The second kappa shape index (κ2) is 7.13. The predicted octanol–water partition coefficient (Wildman–Crippen LogP) is 1.84. The fourth-order valence-corrected chi connectivity index (χ4v) is 3.31. The number of likely N-dealkylation sites (N-methyl/N-ethyl adjacent to an activating group) is 1. The Morgan fingerprint density at radius 2 is 1.95 bits per heavy atom. The summed E-state index contributed by atoms with van der Waals surface area (Å²) in [5.41, 5.74) is 0. The van der Waals surface area contributed by atoms with Crippen LogP contribution in [0.1, 0.15) is 32.2 Å². The molecule has 112 valence electrons. The summed E-state index contributed by atoms with van der Waals surface area (Å²) in [7, 11) is 0. The number of anilines is 1. The predicted molar refractivity (Wildman–Crippen MR) is 82.4 cm³/mol. The Morgan fingerprint density at radius 1 is 1.25 bits per heavy atom. The highest BCUT2D eigenvalue weighted by Crippen LogP contribution is 2.22. The molecule has 0 radical (unpaired) electrons. The maximum atomic E-state index is 11.8. The third-order valence-electron chi connectivity index (χ3n) is 3.53. The van der Waals surface area contributed by atoms with E-state index in [1.54, 1.807) is 11.3 Å². The third-order valence-corrected chi connectivity index (χ3v) is 4.51. The maximum Gasteiger partial charge on any atom is 0.208 e. The van der Waals surface area contributed by atoms with Gasteiger partial charge in [-0.1, -0.05) is 32.1 Å². The Bertz CT molecular complexity index is 438. The van der Waals surface area contributed by atoms with Crippen molar-refractivity contribution in [3.63, 3.8) is 0 Å². The van der Waals surface area contributed by atoms with Gasteiger partial charge in [-0.3, -0.25) is 4.79 Å². The van der Waals surface area contributed by atoms with Crippen LogP contribution in [0.15, 0.2) is 0 Å². The number of carbonyl (C=O) groups excluding carboxylic acids is 1. The molecule has 1 aromatic heterocycles. The summed E-state index contributed by atoms with van der Waals surface area (Å²) in [5, 5.41) is 10.2. The summed E-state index contributed by atoms with van der Waals surface area (Å²) in [5.74, 6) is 0.676. The molecule has 0 atom stereocenters. The van der Waals surface area contributed by atoms with Crippen LogP contribution in [-0.4, -0.2) is 53.6 Å². The van der Waals surface area contributed by atoms with E-state index in [1.807, 2.05) is 0 Å². The van der Waals surface area contributed by atoms with Gasteiger partial charge in [-0.05, 0) is 12.5 Å². The third kappa shape index (κ3) is 4.24. The van der Waals surface area contributed by atoms with Crippen molar-refractivity contribution in [3.05, 3.63) is 5.01 Å². The number of nitrogens with zero attached hydrogens (tertiary/aromatic N) is 4. The molecular weight excluding hydrogens is 272 g/mol. The summed E-state index contributed by atoms with van der Waals surface area (Å²) >= 11 is 1.57. The van der Waals surface area contributed by atoms with Gasteiger partial charge in [-0.2, -0.15) is 0 Å². The maximum absolute atomic E-state index is 11.8. The van der Waals surface area contributed by atoms with Crippen molar-refractivity contribution < 1.29 is 4.79 Å². The summed E-state index contributed by atoms with van der Waals surface area (Å²) in [6.45, 7) is 11.6. The lowest BCUT2D eigenvalue weighted by atomic mass is 10.1. The van der Waals surface area contributed by atoms with Crippen LogP contribution >= 0.6 is 11.3 Å². The first-order valence-electron chi connectivity index (χ1n) is 7.40. The molecule has 0 aliphatic carbocycles. The van der Waals surface area contributed by atoms with E-state index in [4.69, 9.17) is 0 Å². The molecule has 2 rings (SSSR count). The molecule has 6 heteroatoms. The van der Waals surface area contributed by atoms with E-state index in [0.29, 0.717) is 18.8 Å². The number of Topliss-reactive ketones (excluding diaryl/α,β-unsaturated/α-hetero) is 1. The number of ketones is 1. The first-order valence-corrected chi connectivity index (χ1v) is 8.21. The Balaban J connectivity index is 1.87. The number of piperazine rings is 1. The van der Waals surface area contributed by atoms with Gasteiger partial charge in [0.1, 0.15) is 10.8 Å². The van der Waals surface area contributed by atoms with Gasteiger partial charge < -0.3 is 9.80 Å². The largest absolute Gasteiger partial charge is 0.344 e. The molecule has 0 aromatic carbocycles. The molecule has 1 fully saturated rings. The zero-order valence-electron chi connectivity index (χ0n) is 12.6. The average Bonchev–Trinajstić information content (AvgIpc) is 2.86. The molecule has 0 unspecified atom stereocenters. The van der Waals surface area contributed by atoms with E-state index in [-0.39, 0.29) is 5.78 Å². The van der Waals surface area contributed by atoms with Gasteiger partial charge >= 0.3 is 0 Å². The van der Waals surface area contributed by atoms with Crippen molar-refractivity contribution in [2.45, 2.75) is 33.6 Å². The lowest BCUT2D eigenvalue weighted by Crippen LogP contribution is -2.46. The molecule has 1 aliphatic rings. The van der Waals surface area contributed by atoms with Gasteiger partial charge in [-0.15, -0.1) is 10.2 Å². The summed E-state index contributed by atoms with van der Waals surface area (Å²) < 4.78 is 0. The molecule has 0 N–H and O–H groups in total. The molecular formula is C14H24N4OS. The van der Waals surface area contributed by atoms with E-state index in [1.165, 1.54) is 0 Å². The van der Waals surface area contributed by atoms with Crippen LogP contribution in [0.2, 0.25) is 0 Å². The van der Waals surface area contributed by atoms with E-state index < -0.39 is 0 Å². The minimum Gasteiger partial charge on any atom is -0.344 e. The Labute approximate surface area is 125 Å². The van der Waals surface area contributed by atoms with Gasteiger partial charge in [-0.25, -0.2) is 0 Å². The van der Waals surface area contributed by atoms with Gasteiger partial charge in [0.05, 0.1) is 6.42 Å². The van der Waals surface area contributed by atoms with Crippen LogP contribution in [0, 0.1) is 5.92 Å². The first kappa shape index (κ1) is 15.4. The molecule has 20 heavy (non-hydrogen) atoms. The van der Waals surface area contributed by atoms with Gasteiger partial charge in [0.25, 0.3) is 0 Å². The van der Waals surface area contributed by atoms with Crippen molar-refractivity contribution in [1.82, 2.24) is 15.1 Å². The highest BCUT2D eigenvalue weighted by atomic mass is 32.1. The molecule has 0 saturated carbocycles. The van der Waals surface area contributed by atoms with Gasteiger partial charge in [0, 0.05) is 32.6 Å². The molecule has 0 spiro atoms. The van der Waals surface area contributed by atoms with E-state index in [2.05, 4.69) is 40.8 Å².